The van der Waals surface area contributed by atoms with Crippen molar-refractivity contribution in [3.63, 3.8) is 0 Å². The van der Waals surface area contributed by atoms with E-state index >= 15 is 0 Å². The van der Waals surface area contributed by atoms with Crippen molar-refractivity contribution in [2.24, 2.45) is 14.1 Å². The Bertz CT molecular complexity index is 838. The second kappa shape index (κ2) is 3.74. The first-order valence-electron chi connectivity index (χ1n) is 5.88. The summed E-state index contributed by atoms with van der Waals surface area (Å²) in [5.74, 6) is 0.221. The molecule has 0 saturated heterocycles. The lowest BCUT2D eigenvalue weighted by Gasteiger charge is -2.02. The molecule has 0 bridgehead atoms. The smallest absolute Gasteiger partial charge is 0.408 e. The minimum atomic E-state index is -0.372. The van der Waals surface area contributed by atoms with Crippen LogP contribution in [-0.4, -0.2) is 14.3 Å². The Hall–Kier alpha value is -2.50. The molecule has 1 aromatic carbocycles. The molecule has 0 atom stereocenters. The number of nitrogen functional groups attached to an aromatic ring is 1. The highest BCUT2D eigenvalue weighted by Crippen LogP contribution is 2.30. The largest absolute Gasteiger partial charge is 0.419 e. The van der Waals surface area contributed by atoms with E-state index in [4.69, 9.17) is 10.2 Å². The fourth-order valence-electron chi connectivity index (χ4n) is 2.32. The Kier molecular flexibility index (Phi) is 2.28. The third kappa shape index (κ3) is 1.56. The van der Waals surface area contributed by atoms with Crippen LogP contribution in [0.25, 0.3) is 22.2 Å². The van der Waals surface area contributed by atoms with Gasteiger partial charge in [0.25, 0.3) is 0 Å². The average Bonchev–Trinajstić information content (AvgIpc) is 2.78. The van der Waals surface area contributed by atoms with Crippen molar-refractivity contribution in [1.29, 1.82) is 0 Å². The number of nitrogens with zero attached hydrogens (tertiary/aromatic N) is 3. The molecule has 6 heteroatoms. The highest BCUT2D eigenvalue weighted by Gasteiger charge is 2.14. The van der Waals surface area contributed by atoms with Gasteiger partial charge in [0.1, 0.15) is 5.82 Å². The van der Waals surface area contributed by atoms with E-state index in [1.165, 1.54) is 4.57 Å². The van der Waals surface area contributed by atoms with Gasteiger partial charge in [0.2, 0.25) is 0 Å². The molecule has 6 nitrogen and oxygen atoms in total. The molecule has 0 spiro atoms. The van der Waals surface area contributed by atoms with E-state index < -0.39 is 0 Å². The Morgan fingerprint density at radius 3 is 2.68 bits per heavy atom. The van der Waals surface area contributed by atoms with Crippen LogP contribution in [0, 0.1) is 6.92 Å². The fraction of sp³-hybridized carbons (Fsp3) is 0.231. The molecule has 0 unspecified atom stereocenters. The zero-order valence-electron chi connectivity index (χ0n) is 11.0. The standard InChI is InChI=1S/C13H14N4O2/c1-7-11(12(14)17(3)15-7)8-4-5-9-10(6-8)19-13(18)16(9)2/h4-6H,14H2,1-3H3. The van der Waals surface area contributed by atoms with Crippen molar-refractivity contribution in [2.75, 3.05) is 5.73 Å². The number of hydrogen-bond acceptors (Lipinski definition) is 4. The van der Waals surface area contributed by atoms with E-state index in [2.05, 4.69) is 5.10 Å². The normalized spacial score (nSPS) is 11.3. The third-order valence-corrected chi connectivity index (χ3v) is 3.35. The summed E-state index contributed by atoms with van der Waals surface area (Å²) in [6.45, 7) is 1.90. The summed E-state index contributed by atoms with van der Waals surface area (Å²) in [6, 6.07) is 5.58. The number of aryl methyl sites for hydroxylation is 3. The highest BCUT2D eigenvalue weighted by atomic mass is 16.4. The first kappa shape index (κ1) is 11.6. The summed E-state index contributed by atoms with van der Waals surface area (Å²) in [7, 11) is 3.48. The number of benzene rings is 1. The number of fused-ring (bicyclic) bond motifs is 1. The molecule has 0 fully saturated rings. The average molecular weight is 258 g/mol. The molecular weight excluding hydrogens is 244 g/mol. The predicted molar refractivity (Wildman–Crippen MR) is 72.8 cm³/mol. The molecule has 0 aliphatic carbocycles. The molecule has 0 aliphatic rings. The molecular formula is C13H14N4O2. The zero-order valence-corrected chi connectivity index (χ0v) is 11.0. The van der Waals surface area contributed by atoms with E-state index in [0.717, 1.165) is 22.3 Å². The maximum atomic E-state index is 11.5. The summed E-state index contributed by atoms with van der Waals surface area (Å²) < 4.78 is 8.29. The molecule has 98 valence electrons. The minimum absolute atomic E-state index is 0.372. The fourth-order valence-corrected chi connectivity index (χ4v) is 2.32. The van der Waals surface area contributed by atoms with Crippen molar-refractivity contribution < 1.29 is 4.42 Å². The van der Waals surface area contributed by atoms with Crippen molar-refractivity contribution in [3.05, 3.63) is 34.4 Å². The van der Waals surface area contributed by atoms with Gasteiger partial charge in [-0.25, -0.2) is 4.79 Å². The van der Waals surface area contributed by atoms with Gasteiger partial charge in [-0.15, -0.1) is 0 Å². The van der Waals surface area contributed by atoms with Crippen LogP contribution in [0.5, 0.6) is 0 Å². The summed E-state index contributed by atoms with van der Waals surface area (Å²) in [5, 5.41) is 4.28. The van der Waals surface area contributed by atoms with Crippen LogP contribution in [0.1, 0.15) is 5.69 Å². The molecule has 0 aliphatic heterocycles. The number of rotatable bonds is 1. The lowest BCUT2D eigenvalue weighted by Crippen LogP contribution is -2.08. The summed E-state index contributed by atoms with van der Waals surface area (Å²) >= 11 is 0. The Labute approximate surface area is 109 Å². The van der Waals surface area contributed by atoms with Crippen LogP contribution in [0.15, 0.2) is 27.4 Å². The van der Waals surface area contributed by atoms with Gasteiger partial charge in [-0.1, -0.05) is 6.07 Å². The summed E-state index contributed by atoms with van der Waals surface area (Å²) in [6.07, 6.45) is 0. The SMILES string of the molecule is Cc1nn(C)c(N)c1-c1ccc2c(c1)oc(=O)n2C. The van der Waals surface area contributed by atoms with Crippen LogP contribution >= 0.6 is 0 Å². The molecule has 2 heterocycles. The number of oxazole rings is 1. The van der Waals surface area contributed by atoms with Crippen LogP contribution in [0.4, 0.5) is 5.82 Å². The topological polar surface area (TPSA) is 79.0 Å². The first-order valence-corrected chi connectivity index (χ1v) is 5.88. The quantitative estimate of drug-likeness (QED) is 0.716. The Morgan fingerprint density at radius 2 is 2.05 bits per heavy atom. The van der Waals surface area contributed by atoms with E-state index in [9.17, 15) is 4.79 Å². The maximum Gasteiger partial charge on any atom is 0.419 e. The van der Waals surface area contributed by atoms with Gasteiger partial charge in [0.05, 0.1) is 11.2 Å². The van der Waals surface area contributed by atoms with Crippen LogP contribution in [0.3, 0.4) is 0 Å². The molecule has 0 saturated carbocycles. The number of aromatic nitrogens is 3. The number of hydrogen-bond donors (Lipinski definition) is 1. The van der Waals surface area contributed by atoms with Gasteiger partial charge in [0, 0.05) is 19.7 Å². The molecule has 0 amide bonds. The predicted octanol–water partition coefficient (Wildman–Crippen LogP) is 1.42. The van der Waals surface area contributed by atoms with E-state index in [-0.39, 0.29) is 5.76 Å². The van der Waals surface area contributed by atoms with Crippen molar-refractivity contribution in [1.82, 2.24) is 14.3 Å². The van der Waals surface area contributed by atoms with Gasteiger partial charge in [-0.2, -0.15) is 5.10 Å². The Morgan fingerprint density at radius 1 is 1.32 bits per heavy atom. The summed E-state index contributed by atoms with van der Waals surface area (Å²) in [4.78, 5) is 11.5. The van der Waals surface area contributed by atoms with E-state index in [1.807, 2.05) is 25.1 Å². The van der Waals surface area contributed by atoms with Gasteiger partial charge >= 0.3 is 5.76 Å². The monoisotopic (exact) mass is 258 g/mol. The van der Waals surface area contributed by atoms with E-state index in [0.29, 0.717) is 11.4 Å². The van der Waals surface area contributed by atoms with Gasteiger partial charge in [0.15, 0.2) is 5.58 Å². The maximum absolute atomic E-state index is 11.5. The van der Waals surface area contributed by atoms with Crippen molar-refractivity contribution in [3.8, 4) is 11.1 Å². The zero-order chi connectivity index (χ0) is 13.7. The summed E-state index contributed by atoms with van der Waals surface area (Å²) in [5.41, 5.74) is 9.93. The van der Waals surface area contributed by atoms with Crippen LogP contribution in [-0.2, 0) is 14.1 Å². The lowest BCUT2D eigenvalue weighted by molar-refractivity contribution is 0.528. The lowest BCUT2D eigenvalue weighted by atomic mass is 10.1. The van der Waals surface area contributed by atoms with Gasteiger partial charge in [-0.3, -0.25) is 9.25 Å². The first-order chi connectivity index (χ1) is 8.99. The van der Waals surface area contributed by atoms with Crippen molar-refractivity contribution >= 4 is 16.9 Å². The second-order valence-corrected chi connectivity index (χ2v) is 4.58. The molecule has 3 aromatic rings. The number of anilines is 1. The second-order valence-electron chi connectivity index (χ2n) is 4.58. The highest BCUT2D eigenvalue weighted by molar-refractivity contribution is 5.84. The molecule has 19 heavy (non-hydrogen) atoms. The number of nitrogens with two attached hydrogens (primary N) is 1. The van der Waals surface area contributed by atoms with Gasteiger partial charge in [-0.05, 0) is 24.6 Å². The van der Waals surface area contributed by atoms with E-state index in [1.54, 1.807) is 18.8 Å². The molecule has 2 N–H and O–H groups in total. The Balaban J connectivity index is 2.29. The van der Waals surface area contributed by atoms with Gasteiger partial charge < -0.3 is 10.2 Å². The minimum Gasteiger partial charge on any atom is -0.408 e. The van der Waals surface area contributed by atoms with Crippen molar-refractivity contribution in [2.45, 2.75) is 6.92 Å². The molecule has 3 rings (SSSR count). The third-order valence-electron chi connectivity index (χ3n) is 3.35. The van der Waals surface area contributed by atoms with Crippen LogP contribution in [0.2, 0.25) is 0 Å². The molecule has 0 radical (unpaired) electrons. The van der Waals surface area contributed by atoms with Crippen LogP contribution < -0.4 is 11.5 Å². The molecule has 2 aromatic heterocycles.